The molecule has 0 saturated carbocycles. The van der Waals surface area contributed by atoms with E-state index in [4.69, 9.17) is 16.3 Å². The monoisotopic (exact) mass is 439 g/mol. The highest BCUT2D eigenvalue weighted by molar-refractivity contribution is 6.30. The largest absolute Gasteiger partial charge is 0.494 e. The molecule has 1 aliphatic heterocycles. The summed E-state index contributed by atoms with van der Waals surface area (Å²) in [6.07, 6.45) is 4.32. The summed E-state index contributed by atoms with van der Waals surface area (Å²) in [7, 11) is 0. The van der Waals surface area contributed by atoms with E-state index in [-0.39, 0.29) is 6.03 Å². The van der Waals surface area contributed by atoms with Crippen molar-refractivity contribution in [2.45, 2.75) is 45.7 Å². The smallest absolute Gasteiger partial charge is 0.326 e. The van der Waals surface area contributed by atoms with Gasteiger partial charge in [0.1, 0.15) is 11.6 Å². The first-order valence-corrected chi connectivity index (χ1v) is 11.0. The summed E-state index contributed by atoms with van der Waals surface area (Å²) in [6.45, 7) is 3.73. The van der Waals surface area contributed by atoms with Crippen LogP contribution in [0.2, 0.25) is 5.02 Å². The van der Waals surface area contributed by atoms with E-state index in [0.717, 1.165) is 48.9 Å². The van der Waals surface area contributed by atoms with Crippen molar-refractivity contribution in [3.05, 3.63) is 65.2 Å². The molecule has 4 rings (SSSR count). The van der Waals surface area contributed by atoms with Crippen molar-refractivity contribution in [2.24, 2.45) is 0 Å². The van der Waals surface area contributed by atoms with Gasteiger partial charge in [0.15, 0.2) is 5.82 Å². The number of amides is 2. The number of carbonyl (C=O) groups is 1. The molecule has 0 atom stereocenters. The van der Waals surface area contributed by atoms with Crippen LogP contribution in [0.15, 0.2) is 48.5 Å². The maximum atomic E-state index is 13.3. The first-order valence-electron chi connectivity index (χ1n) is 10.6. The third-order valence-electron chi connectivity index (χ3n) is 5.29. The molecule has 1 aromatic heterocycles. The molecule has 1 N–H and O–H groups in total. The molecule has 8 heteroatoms. The van der Waals surface area contributed by atoms with E-state index >= 15 is 0 Å². The zero-order chi connectivity index (χ0) is 21.6. The van der Waals surface area contributed by atoms with E-state index in [1.54, 1.807) is 29.2 Å². The molecule has 0 saturated heterocycles. The van der Waals surface area contributed by atoms with Crippen LogP contribution in [0.5, 0.6) is 5.75 Å². The molecule has 7 nitrogen and oxygen atoms in total. The number of rotatable bonds is 6. The second kappa shape index (κ2) is 9.83. The Kier molecular flexibility index (Phi) is 6.72. The summed E-state index contributed by atoms with van der Waals surface area (Å²) in [4.78, 5) is 14.9. The van der Waals surface area contributed by atoms with Crippen LogP contribution in [-0.4, -0.2) is 27.4 Å². The number of nitrogens with one attached hydrogen (secondary N) is 1. The number of hydrogen-bond donors (Lipinski definition) is 1. The number of hydrogen-bond acceptors (Lipinski definition) is 4. The van der Waals surface area contributed by atoms with Crippen LogP contribution in [0.25, 0.3) is 0 Å². The van der Waals surface area contributed by atoms with Gasteiger partial charge in [0.05, 0.1) is 13.2 Å². The molecule has 1 aliphatic rings. The maximum Gasteiger partial charge on any atom is 0.326 e. The van der Waals surface area contributed by atoms with Gasteiger partial charge in [-0.05, 0) is 68.3 Å². The van der Waals surface area contributed by atoms with E-state index < -0.39 is 0 Å². The minimum atomic E-state index is -0.252. The van der Waals surface area contributed by atoms with Crippen LogP contribution in [0, 0.1) is 0 Å². The lowest BCUT2D eigenvalue weighted by atomic mass is 10.2. The zero-order valence-electron chi connectivity index (χ0n) is 17.6. The van der Waals surface area contributed by atoms with E-state index in [0.29, 0.717) is 23.9 Å². The van der Waals surface area contributed by atoms with Crippen molar-refractivity contribution in [2.75, 3.05) is 16.8 Å². The third-order valence-corrected chi connectivity index (χ3v) is 5.54. The number of urea groups is 1. The van der Waals surface area contributed by atoms with Crippen LogP contribution < -0.4 is 15.0 Å². The second-order valence-electron chi connectivity index (χ2n) is 7.44. The minimum absolute atomic E-state index is 0.252. The number of halogens is 1. The summed E-state index contributed by atoms with van der Waals surface area (Å²) in [5, 5.41) is 12.3. The van der Waals surface area contributed by atoms with Crippen molar-refractivity contribution in [3.63, 3.8) is 0 Å². The van der Waals surface area contributed by atoms with Gasteiger partial charge in [-0.2, -0.15) is 0 Å². The highest BCUT2D eigenvalue weighted by Gasteiger charge is 2.22. The molecule has 0 spiro atoms. The average molecular weight is 440 g/mol. The van der Waals surface area contributed by atoms with Gasteiger partial charge in [-0.15, -0.1) is 10.2 Å². The van der Waals surface area contributed by atoms with Crippen molar-refractivity contribution in [1.29, 1.82) is 0 Å². The molecule has 0 fully saturated rings. The Morgan fingerprint density at radius 3 is 2.61 bits per heavy atom. The second-order valence-corrected chi connectivity index (χ2v) is 7.88. The number of nitrogens with zero attached hydrogens (tertiary/aromatic N) is 4. The molecule has 162 valence electrons. The van der Waals surface area contributed by atoms with Crippen molar-refractivity contribution in [3.8, 4) is 5.75 Å². The molecule has 0 aliphatic carbocycles. The molecular weight excluding hydrogens is 414 g/mol. The Hall–Kier alpha value is -3.06. The summed E-state index contributed by atoms with van der Waals surface area (Å²) in [5.74, 6) is 2.55. The van der Waals surface area contributed by atoms with Gasteiger partial charge >= 0.3 is 6.03 Å². The zero-order valence-corrected chi connectivity index (χ0v) is 18.3. The lowest BCUT2D eigenvalue weighted by molar-refractivity contribution is 0.256. The van der Waals surface area contributed by atoms with Gasteiger partial charge in [0.25, 0.3) is 0 Å². The summed E-state index contributed by atoms with van der Waals surface area (Å²) in [6, 6.07) is 14.3. The number of anilines is 2. The Bertz CT molecular complexity index is 1020. The standard InChI is InChI=1S/C23H26ClN5O2/c1-2-31-20-13-11-19(12-14-20)29(23(30)25-18-9-7-17(24)8-10-18)16-22-27-26-21-6-4-3-5-15-28(21)22/h7-14H,2-6,15-16H2,1H3,(H,25,30). The lowest BCUT2D eigenvalue weighted by Gasteiger charge is -2.23. The molecule has 3 aromatic rings. The van der Waals surface area contributed by atoms with E-state index in [9.17, 15) is 4.79 Å². The summed E-state index contributed by atoms with van der Waals surface area (Å²) in [5.41, 5.74) is 1.42. The number of carbonyl (C=O) groups excluding carboxylic acids is 1. The third kappa shape index (κ3) is 5.17. The number of aryl methyl sites for hydroxylation is 1. The molecule has 2 aromatic carbocycles. The Morgan fingerprint density at radius 2 is 1.87 bits per heavy atom. The number of benzene rings is 2. The fourth-order valence-electron chi connectivity index (χ4n) is 3.70. The first-order chi connectivity index (χ1) is 15.1. The van der Waals surface area contributed by atoms with Gasteiger partial charge in [0.2, 0.25) is 0 Å². The van der Waals surface area contributed by atoms with Crippen LogP contribution in [0.3, 0.4) is 0 Å². The number of ether oxygens (including phenoxy) is 1. The maximum absolute atomic E-state index is 13.3. The van der Waals surface area contributed by atoms with Gasteiger partial charge in [-0.25, -0.2) is 4.79 Å². The van der Waals surface area contributed by atoms with Gasteiger partial charge in [-0.3, -0.25) is 4.90 Å². The van der Waals surface area contributed by atoms with Gasteiger partial charge < -0.3 is 14.6 Å². The van der Waals surface area contributed by atoms with Crippen LogP contribution in [-0.2, 0) is 19.5 Å². The molecule has 0 radical (unpaired) electrons. The van der Waals surface area contributed by atoms with Crippen LogP contribution >= 0.6 is 11.6 Å². The van der Waals surface area contributed by atoms with Crippen molar-refractivity contribution in [1.82, 2.24) is 14.8 Å². The predicted octanol–water partition coefficient (Wildman–Crippen LogP) is 5.30. The Labute approximate surface area is 187 Å². The molecule has 31 heavy (non-hydrogen) atoms. The fourth-order valence-corrected chi connectivity index (χ4v) is 3.82. The minimum Gasteiger partial charge on any atom is -0.494 e. The number of fused-ring (bicyclic) bond motifs is 1. The fraction of sp³-hybridized carbons (Fsp3) is 0.348. The summed E-state index contributed by atoms with van der Waals surface area (Å²) < 4.78 is 7.70. The highest BCUT2D eigenvalue weighted by Crippen LogP contribution is 2.24. The first kappa shape index (κ1) is 21.2. The predicted molar refractivity (Wildman–Crippen MR) is 122 cm³/mol. The highest BCUT2D eigenvalue weighted by atomic mass is 35.5. The van der Waals surface area contributed by atoms with Gasteiger partial charge in [-0.1, -0.05) is 18.0 Å². The van der Waals surface area contributed by atoms with Crippen molar-refractivity contribution >= 4 is 29.0 Å². The molecule has 2 heterocycles. The molecule has 0 unspecified atom stereocenters. The van der Waals surface area contributed by atoms with Crippen molar-refractivity contribution < 1.29 is 9.53 Å². The van der Waals surface area contributed by atoms with Crippen LogP contribution in [0.1, 0.15) is 37.8 Å². The topological polar surface area (TPSA) is 72.3 Å². The van der Waals surface area contributed by atoms with E-state index in [1.807, 2.05) is 31.2 Å². The van der Waals surface area contributed by atoms with Crippen LogP contribution in [0.4, 0.5) is 16.2 Å². The Balaban J connectivity index is 1.61. The Morgan fingerprint density at radius 1 is 1.10 bits per heavy atom. The SMILES string of the molecule is CCOc1ccc(N(Cc2nnc3n2CCCCC3)C(=O)Nc2ccc(Cl)cc2)cc1. The quantitative estimate of drug-likeness (QED) is 0.566. The molecular formula is C23H26ClN5O2. The number of aromatic nitrogens is 3. The molecule has 2 amide bonds. The van der Waals surface area contributed by atoms with E-state index in [2.05, 4.69) is 20.1 Å². The lowest BCUT2D eigenvalue weighted by Crippen LogP contribution is -2.35. The summed E-state index contributed by atoms with van der Waals surface area (Å²) >= 11 is 5.97. The van der Waals surface area contributed by atoms with Gasteiger partial charge in [0, 0.05) is 29.4 Å². The normalized spacial score (nSPS) is 13.2. The average Bonchev–Trinajstić information content (AvgIpc) is 3.00. The van der Waals surface area contributed by atoms with E-state index in [1.165, 1.54) is 6.42 Å². The molecule has 0 bridgehead atoms.